The summed E-state index contributed by atoms with van der Waals surface area (Å²) in [4.78, 5) is 0. The van der Waals surface area contributed by atoms with E-state index in [9.17, 15) is 8.78 Å². The van der Waals surface area contributed by atoms with Crippen molar-refractivity contribution in [3.05, 3.63) is 35.9 Å². The van der Waals surface area contributed by atoms with Gasteiger partial charge in [0, 0.05) is 5.56 Å². The molecule has 4 N–H and O–H groups in total. The summed E-state index contributed by atoms with van der Waals surface area (Å²) in [6.45, 7) is -2.68. The van der Waals surface area contributed by atoms with Gasteiger partial charge < -0.3 is 15.3 Å². The number of aliphatic hydroxyl groups excluding tert-OH is 3. The van der Waals surface area contributed by atoms with Crippen molar-refractivity contribution in [2.75, 3.05) is 26.4 Å². The van der Waals surface area contributed by atoms with Gasteiger partial charge in [-0.15, -0.1) is 0 Å². The minimum atomic E-state index is -3.15. The van der Waals surface area contributed by atoms with Crippen LogP contribution in [0.15, 0.2) is 30.3 Å². The van der Waals surface area contributed by atoms with Crippen molar-refractivity contribution in [1.29, 1.82) is 0 Å². The lowest BCUT2D eigenvalue weighted by Crippen LogP contribution is -2.57. The molecule has 0 saturated heterocycles. The number of nitrogens with one attached hydrogen (secondary N) is 1. The van der Waals surface area contributed by atoms with Crippen LogP contribution in [0.25, 0.3) is 0 Å². The van der Waals surface area contributed by atoms with Crippen LogP contribution in [0, 0.1) is 0 Å². The highest BCUT2D eigenvalue weighted by molar-refractivity contribution is 5.20. The van der Waals surface area contributed by atoms with Gasteiger partial charge in [-0.25, -0.2) is 0 Å². The fourth-order valence-corrected chi connectivity index (χ4v) is 1.40. The van der Waals surface area contributed by atoms with Crippen molar-refractivity contribution in [1.82, 2.24) is 5.32 Å². The molecule has 0 amide bonds. The lowest BCUT2D eigenvalue weighted by molar-refractivity contribution is -0.0303. The maximum atomic E-state index is 13.8. The summed E-state index contributed by atoms with van der Waals surface area (Å²) in [5.41, 5.74) is -1.67. The summed E-state index contributed by atoms with van der Waals surface area (Å²) in [6, 6.07) is 7.22. The summed E-state index contributed by atoms with van der Waals surface area (Å²) >= 11 is 0. The minimum Gasteiger partial charge on any atom is -0.394 e. The summed E-state index contributed by atoms with van der Waals surface area (Å²) in [7, 11) is 0. The normalized spacial score (nSPS) is 12.7. The average molecular weight is 261 g/mol. The van der Waals surface area contributed by atoms with Gasteiger partial charge in [0.25, 0.3) is 5.92 Å². The van der Waals surface area contributed by atoms with Crippen LogP contribution in [0.1, 0.15) is 5.56 Å². The van der Waals surface area contributed by atoms with Crippen molar-refractivity contribution in [3.63, 3.8) is 0 Å². The van der Waals surface area contributed by atoms with E-state index in [0.717, 1.165) is 0 Å². The van der Waals surface area contributed by atoms with Crippen molar-refractivity contribution in [2.45, 2.75) is 11.5 Å². The molecule has 6 heteroatoms. The largest absolute Gasteiger partial charge is 0.394 e. The molecule has 0 radical (unpaired) electrons. The Balaban J connectivity index is 2.72. The minimum absolute atomic E-state index is 0.166. The van der Waals surface area contributed by atoms with Crippen LogP contribution in [0.4, 0.5) is 8.78 Å². The lowest BCUT2D eigenvalue weighted by atomic mass is 10.0. The molecule has 18 heavy (non-hydrogen) atoms. The second-order valence-electron chi connectivity index (χ2n) is 4.18. The van der Waals surface area contributed by atoms with Gasteiger partial charge in [0.15, 0.2) is 0 Å². The van der Waals surface area contributed by atoms with Crippen LogP contribution in [-0.4, -0.2) is 47.2 Å². The molecule has 1 aromatic carbocycles. The first-order valence-corrected chi connectivity index (χ1v) is 5.51. The molecule has 0 atom stereocenters. The highest BCUT2D eigenvalue weighted by atomic mass is 19.3. The molecule has 0 spiro atoms. The maximum Gasteiger partial charge on any atom is 0.285 e. The average Bonchev–Trinajstić information content (AvgIpc) is 2.42. The Morgan fingerprint density at radius 2 is 1.44 bits per heavy atom. The molecule has 0 bridgehead atoms. The molecule has 0 heterocycles. The zero-order chi connectivity index (χ0) is 13.6. The van der Waals surface area contributed by atoms with E-state index in [1.165, 1.54) is 24.3 Å². The van der Waals surface area contributed by atoms with Gasteiger partial charge in [-0.3, -0.25) is 5.32 Å². The summed E-state index contributed by atoms with van der Waals surface area (Å²) in [5, 5.41) is 29.4. The topological polar surface area (TPSA) is 72.7 Å². The smallest absolute Gasteiger partial charge is 0.285 e. The van der Waals surface area contributed by atoms with Gasteiger partial charge in [-0.05, 0) is 0 Å². The van der Waals surface area contributed by atoms with E-state index < -0.39 is 37.8 Å². The van der Waals surface area contributed by atoms with E-state index in [0.29, 0.717) is 0 Å². The van der Waals surface area contributed by atoms with E-state index in [2.05, 4.69) is 5.32 Å². The van der Waals surface area contributed by atoms with Crippen LogP contribution in [-0.2, 0) is 5.92 Å². The zero-order valence-electron chi connectivity index (χ0n) is 9.81. The first kappa shape index (κ1) is 15.0. The molecule has 0 aliphatic carbocycles. The number of aliphatic hydroxyl groups is 3. The molecule has 4 nitrogen and oxygen atoms in total. The lowest BCUT2D eigenvalue weighted by Gasteiger charge is -2.31. The van der Waals surface area contributed by atoms with Crippen LogP contribution in [0.5, 0.6) is 0 Å². The summed E-state index contributed by atoms with van der Waals surface area (Å²) in [6.07, 6.45) is 0. The number of halogens is 2. The first-order valence-electron chi connectivity index (χ1n) is 5.51. The van der Waals surface area contributed by atoms with E-state index >= 15 is 0 Å². The molecule has 0 saturated carbocycles. The Morgan fingerprint density at radius 3 is 1.89 bits per heavy atom. The Labute approximate surface area is 104 Å². The summed E-state index contributed by atoms with van der Waals surface area (Å²) < 4.78 is 27.6. The number of rotatable bonds is 7. The monoisotopic (exact) mass is 261 g/mol. The van der Waals surface area contributed by atoms with E-state index in [-0.39, 0.29) is 5.56 Å². The van der Waals surface area contributed by atoms with Gasteiger partial charge in [0.2, 0.25) is 0 Å². The predicted octanol–water partition coefficient (Wildman–Crippen LogP) is 0.0837. The Bertz CT molecular complexity index is 347. The quantitative estimate of drug-likeness (QED) is 0.561. The highest BCUT2D eigenvalue weighted by Crippen LogP contribution is 2.27. The highest BCUT2D eigenvalue weighted by Gasteiger charge is 2.36. The van der Waals surface area contributed by atoms with Gasteiger partial charge in [0.05, 0.1) is 31.9 Å². The zero-order valence-corrected chi connectivity index (χ0v) is 9.81. The van der Waals surface area contributed by atoms with Crippen LogP contribution in [0.2, 0.25) is 0 Å². The molecule has 0 aromatic heterocycles. The van der Waals surface area contributed by atoms with Gasteiger partial charge in [-0.2, -0.15) is 8.78 Å². The van der Waals surface area contributed by atoms with Crippen LogP contribution in [0.3, 0.4) is 0 Å². The molecular weight excluding hydrogens is 244 g/mol. The fourth-order valence-electron chi connectivity index (χ4n) is 1.40. The molecule has 102 valence electrons. The Morgan fingerprint density at radius 1 is 0.944 bits per heavy atom. The first-order chi connectivity index (χ1) is 8.49. The van der Waals surface area contributed by atoms with Crippen LogP contribution < -0.4 is 5.32 Å². The van der Waals surface area contributed by atoms with Crippen molar-refractivity contribution >= 4 is 0 Å². The number of alkyl halides is 2. The molecule has 1 aromatic rings. The van der Waals surface area contributed by atoms with Crippen molar-refractivity contribution in [3.8, 4) is 0 Å². The summed E-state index contributed by atoms with van der Waals surface area (Å²) in [5.74, 6) is -3.15. The fraction of sp³-hybridized carbons (Fsp3) is 0.500. The molecule has 0 fully saturated rings. The third-order valence-electron chi connectivity index (χ3n) is 2.79. The molecule has 0 aliphatic heterocycles. The van der Waals surface area contributed by atoms with Gasteiger partial charge >= 0.3 is 0 Å². The molecule has 0 unspecified atom stereocenters. The number of hydrogen-bond donors (Lipinski definition) is 4. The van der Waals surface area contributed by atoms with Gasteiger partial charge in [0.1, 0.15) is 0 Å². The second kappa shape index (κ2) is 6.19. The number of hydrogen-bond acceptors (Lipinski definition) is 4. The second-order valence-corrected chi connectivity index (χ2v) is 4.18. The van der Waals surface area contributed by atoms with E-state index in [4.69, 9.17) is 15.3 Å². The van der Waals surface area contributed by atoms with E-state index in [1.54, 1.807) is 6.07 Å². The standard InChI is InChI=1S/C12H17F2NO3/c13-12(14,10-4-2-1-3-5-10)6-15-11(7-16,8-17)9-18/h1-5,15-18H,6-9H2. The van der Waals surface area contributed by atoms with Crippen molar-refractivity contribution in [2.24, 2.45) is 0 Å². The third kappa shape index (κ3) is 3.46. The van der Waals surface area contributed by atoms with Crippen LogP contribution >= 0.6 is 0 Å². The molecular formula is C12H17F2NO3. The molecule has 1 rings (SSSR count). The van der Waals surface area contributed by atoms with E-state index in [1.807, 2.05) is 0 Å². The predicted molar refractivity (Wildman–Crippen MR) is 62.3 cm³/mol. The number of benzene rings is 1. The third-order valence-corrected chi connectivity index (χ3v) is 2.79. The molecule has 0 aliphatic rings. The van der Waals surface area contributed by atoms with Crippen molar-refractivity contribution < 1.29 is 24.1 Å². The SMILES string of the molecule is OCC(CO)(CO)NCC(F)(F)c1ccccc1. The Hall–Kier alpha value is -1.08. The Kier molecular flexibility index (Phi) is 5.15. The van der Waals surface area contributed by atoms with Gasteiger partial charge in [-0.1, -0.05) is 30.3 Å². The maximum absolute atomic E-state index is 13.8.